The van der Waals surface area contributed by atoms with Crippen LogP contribution < -0.4 is 0 Å². The molecule has 0 bridgehead atoms. The standard InChI is InChI=1S/C16H21BrClN/c17-14-8-7-13(15(18)10-14)11-19-9-3-5-12-4-1-2-6-16(12)19/h7-8,10,12,16H,1-6,9,11H2/t12-,16-/m1/s1. The zero-order valence-corrected chi connectivity index (χ0v) is 13.6. The van der Waals surface area contributed by atoms with Crippen LogP contribution in [0.5, 0.6) is 0 Å². The molecular formula is C16H21BrClN. The van der Waals surface area contributed by atoms with E-state index in [0.717, 1.165) is 28.0 Å². The predicted octanol–water partition coefficient (Wildman–Crippen LogP) is 5.26. The molecule has 0 radical (unpaired) electrons. The lowest BCUT2D eigenvalue weighted by Crippen LogP contribution is -2.46. The molecule has 0 spiro atoms. The van der Waals surface area contributed by atoms with Crippen LogP contribution in [0.2, 0.25) is 5.02 Å². The second-order valence-corrected chi connectivity index (χ2v) is 7.28. The summed E-state index contributed by atoms with van der Waals surface area (Å²) in [6.07, 6.45) is 8.47. The van der Waals surface area contributed by atoms with Gasteiger partial charge in [0.1, 0.15) is 0 Å². The molecule has 1 heterocycles. The van der Waals surface area contributed by atoms with Gasteiger partial charge in [0.15, 0.2) is 0 Å². The Morgan fingerprint density at radius 1 is 1.16 bits per heavy atom. The summed E-state index contributed by atoms with van der Waals surface area (Å²) in [6, 6.07) is 7.09. The van der Waals surface area contributed by atoms with Crippen LogP contribution in [0.15, 0.2) is 22.7 Å². The Labute approximate surface area is 129 Å². The first-order chi connectivity index (χ1) is 9.24. The van der Waals surface area contributed by atoms with Gasteiger partial charge in [0.2, 0.25) is 0 Å². The molecule has 1 aromatic carbocycles. The number of rotatable bonds is 2. The quantitative estimate of drug-likeness (QED) is 0.709. The molecule has 2 atom stereocenters. The molecule has 3 rings (SSSR count). The highest BCUT2D eigenvalue weighted by Crippen LogP contribution is 2.36. The summed E-state index contributed by atoms with van der Waals surface area (Å²) in [5.41, 5.74) is 1.27. The van der Waals surface area contributed by atoms with Crippen molar-refractivity contribution in [1.82, 2.24) is 4.90 Å². The highest BCUT2D eigenvalue weighted by Gasteiger charge is 2.33. The van der Waals surface area contributed by atoms with E-state index in [0.29, 0.717) is 0 Å². The second-order valence-electron chi connectivity index (χ2n) is 5.96. The average molecular weight is 343 g/mol. The minimum Gasteiger partial charge on any atom is -0.296 e. The maximum absolute atomic E-state index is 6.37. The average Bonchev–Trinajstić information content (AvgIpc) is 2.42. The van der Waals surface area contributed by atoms with Gasteiger partial charge in [0.25, 0.3) is 0 Å². The van der Waals surface area contributed by atoms with E-state index in [1.807, 2.05) is 6.07 Å². The van der Waals surface area contributed by atoms with Crippen LogP contribution >= 0.6 is 27.5 Å². The normalized spacial score (nSPS) is 28.1. The fourth-order valence-corrected chi connectivity index (χ4v) is 4.53. The zero-order valence-electron chi connectivity index (χ0n) is 11.2. The summed E-state index contributed by atoms with van der Waals surface area (Å²) >= 11 is 9.85. The summed E-state index contributed by atoms with van der Waals surface area (Å²) in [5, 5.41) is 0.896. The van der Waals surface area contributed by atoms with Gasteiger partial charge in [-0.1, -0.05) is 46.4 Å². The van der Waals surface area contributed by atoms with Gasteiger partial charge in [-0.05, 0) is 55.8 Å². The van der Waals surface area contributed by atoms with Crippen LogP contribution in [0, 0.1) is 5.92 Å². The molecule has 3 heteroatoms. The fraction of sp³-hybridized carbons (Fsp3) is 0.625. The minimum atomic E-state index is 0.808. The van der Waals surface area contributed by atoms with Crippen LogP contribution in [-0.2, 0) is 6.54 Å². The summed E-state index contributed by atoms with van der Waals surface area (Å²) in [6.45, 7) is 2.26. The van der Waals surface area contributed by atoms with E-state index in [-0.39, 0.29) is 0 Å². The molecule has 0 unspecified atom stereocenters. The van der Waals surface area contributed by atoms with E-state index >= 15 is 0 Å². The molecule has 1 nitrogen and oxygen atoms in total. The Kier molecular flexibility index (Phi) is 4.51. The number of nitrogens with zero attached hydrogens (tertiary/aromatic N) is 1. The van der Waals surface area contributed by atoms with Gasteiger partial charge in [-0.2, -0.15) is 0 Å². The molecule has 1 saturated carbocycles. The topological polar surface area (TPSA) is 3.24 Å². The van der Waals surface area contributed by atoms with Crippen molar-refractivity contribution in [3.05, 3.63) is 33.3 Å². The van der Waals surface area contributed by atoms with Crippen LogP contribution in [0.25, 0.3) is 0 Å². The third-order valence-corrected chi connectivity index (χ3v) is 5.59. The van der Waals surface area contributed by atoms with Gasteiger partial charge >= 0.3 is 0 Å². The molecule has 0 aromatic heterocycles. The lowest BCUT2D eigenvalue weighted by Gasteiger charge is -2.44. The Morgan fingerprint density at radius 2 is 1.95 bits per heavy atom. The number of hydrogen-bond acceptors (Lipinski definition) is 1. The number of fused-ring (bicyclic) bond motifs is 1. The van der Waals surface area contributed by atoms with Crippen molar-refractivity contribution in [1.29, 1.82) is 0 Å². The minimum absolute atomic E-state index is 0.808. The number of benzene rings is 1. The van der Waals surface area contributed by atoms with Gasteiger partial charge < -0.3 is 0 Å². The molecule has 104 valence electrons. The molecule has 1 aromatic rings. The number of hydrogen-bond donors (Lipinski definition) is 0. The van der Waals surface area contributed by atoms with Crippen LogP contribution in [0.1, 0.15) is 44.1 Å². The lowest BCUT2D eigenvalue weighted by atomic mass is 9.78. The van der Waals surface area contributed by atoms with Crippen LogP contribution in [0.4, 0.5) is 0 Å². The van der Waals surface area contributed by atoms with Crippen molar-refractivity contribution >= 4 is 27.5 Å². The first-order valence-electron chi connectivity index (χ1n) is 7.42. The van der Waals surface area contributed by atoms with Crippen LogP contribution in [0.3, 0.4) is 0 Å². The maximum Gasteiger partial charge on any atom is 0.0462 e. The van der Waals surface area contributed by atoms with Gasteiger partial charge in [0, 0.05) is 22.1 Å². The molecule has 2 fully saturated rings. The predicted molar refractivity (Wildman–Crippen MR) is 84.5 cm³/mol. The van der Waals surface area contributed by atoms with Crippen molar-refractivity contribution in [3.8, 4) is 0 Å². The first kappa shape index (κ1) is 13.9. The van der Waals surface area contributed by atoms with E-state index < -0.39 is 0 Å². The lowest BCUT2D eigenvalue weighted by molar-refractivity contribution is 0.0547. The molecule has 1 aliphatic carbocycles. The number of likely N-dealkylation sites (tertiary alicyclic amines) is 1. The zero-order chi connectivity index (χ0) is 13.2. The van der Waals surface area contributed by atoms with Crippen molar-refractivity contribution in [3.63, 3.8) is 0 Å². The first-order valence-corrected chi connectivity index (χ1v) is 8.59. The third-order valence-electron chi connectivity index (χ3n) is 4.75. The SMILES string of the molecule is Clc1cc(Br)ccc1CN1CCC[C@H]2CCCC[C@H]21. The Hall–Kier alpha value is -0.0500. The highest BCUT2D eigenvalue weighted by molar-refractivity contribution is 9.10. The maximum atomic E-state index is 6.37. The van der Waals surface area contributed by atoms with Gasteiger partial charge in [-0.3, -0.25) is 4.90 Å². The van der Waals surface area contributed by atoms with E-state index in [1.54, 1.807) is 0 Å². The Bertz CT molecular complexity index is 446. The second kappa shape index (κ2) is 6.15. The van der Waals surface area contributed by atoms with Gasteiger partial charge in [-0.15, -0.1) is 0 Å². The summed E-state index contributed by atoms with van der Waals surface area (Å²) in [5.74, 6) is 0.941. The number of piperidine rings is 1. The molecule has 0 N–H and O–H groups in total. The monoisotopic (exact) mass is 341 g/mol. The summed E-state index contributed by atoms with van der Waals surface area (Å²) in [4.78, 5) is 2.68. The van der Waals surface area contributed by atoms with E-state index in [1.165, 1.54) is 50.6 Å². The van der Waals surface area contributed by atoms with Crippen molar-refractivity contribution < 1.29 is 0 Å². The Balaban J connectivity index is 1.74. The van der Waals surface area contributed by atoms with Crippen molar-refractivity contribution in [2.45, 2.75) is 51.1 Å². The number of halogens is 2. The molecule has 0 amide bonds. The molecule has 1 saturated heterocycles. The van der Waals surface area contributed by atoms with Gasteiger partial charge in [0.05, 0.1) is 0 Å². The smallest absolute Gasteiger partial charge is 0.0462 e. The van der Waals surface area contributed by atoms with E-state index in [4.69, 9.17) is 11.6 Å². The molecular weight excluding hydrogens is 322 g/mol. The fourth-order valence-electron chi connectivity index (χ4n) is 3.79. The van der Waals surface area contributed by atoms with E-state index in [9.17, 15) is 0 Å². The largest absolute Gasteiger partial charge is 0.296 e. The van der Waals surface area contributed by atoms with E-state index in [2.05, 4.69) is 33.0 Å². The molecule has 2 aliphatic rings. The highest BCUT2D eigenvalue weighted by atomic mass is 79.9. The summed E-state index contributed by atoms with van der Waals surface area (Å²) < 4.78 is 1.07. The van der Waals surface area contributed by atoms with Crippen molar-refractivity contribution in [2.24, 2.45) is 5.92 Å². The molecule has 1 aliphatic heterocycles. The third kappa shape index (κ3) is 3.17. The molecule has 19 heavy (non-hydrogen) atoms. The summed E-state index contributed by atoms with van der Waals surface area (Å²) in [7, 11) is 0. The van der Waals surface area contributed by atoms with Gasteiger partial charge in [-0.25, -0.2) is 0 Å². The van der Waals surface area contributed by atoms with Crippen LogP contribution in [-0.4, -0.2) is 17.5 Å². The van der Waals surface area contributed by atoms with Crippen molar-refractivity contribution in [2.75, 3.05) is 6.54 Å². The Morgan fingerprint density at radius 3 is 2.79 bits per heavy atom.